The molecule has 0 N–H and O–H groups in total. The van der Waals surface area contributed by atoms with Crippen molar-refractivity contribution in [2.24, 2.45) is 5.92 Å². The molecular weight excluding hydrogens is 238 g/mol. The molecule has 1 heterocycles. The number of nitrogens with zero attached hydrogens (tertiary/aromatic N) is 1. The summed E-state index contributed by atoms with van der Waals surface area (Å²) >= 11 is 0. The first kappa shape index (κ1) is 14.5. The van der Waals surface area contributed by atoms with Crippen LogP contribution in [0.4, 0.5) is 4.79 Å². The summed E-state index contributed by atoms with van der Waals surface area (Å²) in [6.07, 6.45) is -0.516. The Morgan fingerprint density at radius 1 is 1.39 bits per heavy atom. The molecule has 1 rings (SSSR count). The fourth-order valence-corrected chi connectivity index (χ4v) is 1.68. The Morgan fingerprint density at radius 2 is 2.00 bits per heavy atom. The predicted octanol–water partition coefficient (Wildman–Crippen LogP) is 0.985. The van der Waals surface area contributed by atoms with E-state index in [-0.39, 0.29) is 25.3 Å². The average molecular weight is 257 g/mol. The van der Waals surface area contributed by atoms with Gasteiger partial charge in [0.15, 0.2) is 5.78 Å². The van der Waals surface area contributed by atoms with Gasteiger partial charge in [0.1, 0.15) is 5.60 Å². The number of carbonyl (C=O) groups excluding carboxylic acids is 3. The van der Waals surface area contributed by atoms with Gasteiger partial charge in [-0.2, -0.15) is 0 Å². The van der Waals surface area contributed by atoms with Gasteiger partial charge in [0, 0.05) is 12.5 Å². The second-order valence-electron chi connectivity index (χ2n) is 5.30. The van der Waals surface area contributed by atoms with Crippen molar-refractivity contribution in [2.75, 3.05) is 20.2 Å². The van der Waals surface area contributed by atoms with Gasteiger partial charge in [0.25, 0.3) is 0 Å². The minimum absolute atomic E-state index is 0.00340. The fraction of sp³-hybridized carbons (Fsp3) is 0.750. The second-order valence-corrected chi connectivity index (χ2v) is 5.30. The van der Waals surface area contributed by atoms with Crippen molar-refractivity contribution in [3.05, 3.63) is 0 Å². The number of esters is 1. The zero-order valence-corrected chi connectivity index (χ0v) is 11.2. The van der Waals surface area contributed by atoms with Crippen LogP contribution < -0.4 is 0 Å². The van der Waals surface area contributed by atoms with Crippen molar-refractivity contribution in [3.63, 3.8) is 0 Å². The maximum absolute atomic E-state index is 11.7. The molecule has 0 bridgehead atoms. The molecule has 1 fully saturated rings. The number of amides is 1. The van der Waals surface area contributed by atoms with E-state index >= 15 is 0 Å². The predicted molar refractivity (Wildman–Crippen MR) is 62.9 cm³/mol. The minimum atomic E-state index is -0.597. The molecule has 0 saturated carbocycles. The zero-order chi connectivity index (χ0) is 13.9. The Bertz CT molecular complexity index is 358. The Balaban J connectivity index is 2.55. The maximum Gasteiger partial charge on any atom is 0.410 e. The normalized spacial score (nSPS) is 19.9. The first-order chi connectivity index (χ1) is 8.23. The van der Waals surface area contributed by atoms with Crippen LogP contribution in [0.15, 0.2) is 0 Å². The van der Waals surface area contributed by atoms with Crippen LogP contribution in [-0.4, -0.2) is 48.5 Å². The molecule has 1 aliphatic rings. The fourth-order valence-electron chi connectivity index (χ4n) is 1.68. The first-order valence-electron chi connectivity index (χ1n) is 5.80. The highest BCUT2D eigenvalue weighted by Gasteiger charge is 2.36. The number of hydrogen-bond acceptors (Lipinski definition) is 5. The van der Waals surface area contributed by atoms with Crippen molar-refractivity contribution in [1.29, 1.82) is 0 Å². The minimum Gasteiger partial charge on any atom is -0.469 e. The van der Waals surface area contributed by atoms with Gasteiger partial charge in [0.2, 0.25) is 0 Å². The Morgan fingerprint density at radius 3 is 2.50 bits per heavy atom. The van der Waals surface area contributed by atoms with Crippen LogP contribution >= 0.6 is 0 Å². The van der Waals surface area contributed by atoms with E-state index in [0.717, 1.165) is 0 Å². The van der Waals surface area contributed by atoms with Crippen LogP contribution in [-0.2, 0) is 19.1 Å². The Labute approximate surface area is 106 Å². The summed E-state index contributed by atoms with van der Waals surface area (Å²) < 4.78 is 9.68. The Kier molecular flexibility index (Phi) is 4.32. The highest BCUT2D eigenvalue weighted by molar-refractivity contribution is 5.92. The van der Waals surface area contributed by atoms with Crippen LogP contribution in [0, 0.1) is 5.92 Å². The summed E-state index contributed by atoms with van der Waals surface area (Å²) in [5.41, 5.74) is -0.597. The standard InChI is InChI=1S/C12H19NO5/c1-12(2,3)18-11(16)13-6-8(9(14)7-13)5-10(15)17-4/h8H,5-7H2,1-4H3. The highest BCUT2D eigenvalue weighted by Crippen LogP contribution is 2.19. The molecule has 6 nitrogen and oxygen atoms in total. The van der Waals surface area contributed by atoms with Crippen LogP contribution in [0.2, 0.25) is 0 Å². The van der Waals surface area contributed by atoms with Crippen molar-refractivity contribution in [2.45, 2.75) is 32.8 Å². The molecule has 1 saturated heterocycles. The quantitative estimate of drug-likeness (QED) is 0.690. The van der Waals surface area contributed by atoms with E-state index in [4.69, 9.17) is 4.74 Å². The van der Waals surface area contributed by atoms with E-state index in [9.17, 15) is 14.4 Å². The van der Waals surface area contributed by atoms with Gasteiger partial charge in [-0.15, -0.1) is 0 Å². The van der Waals surface area contributed by atoms with Crippen LogP contribution in [0.1, 0.15) is 27.2 Å². The third-order valence-electron chi connectivity index (χ3n) is 2.54. The summed E-state index contributed by atoms with van der Waals surface area (Å²) in [5.74, 6) is -1.06. The van der Waals surface area contributed by atoms with Gasteiger partial charge in [0.05, 0.1) is 20.1 Å². The van der Waals surface area contributed by atoms with Crippen LogP contribution in [0.5, 0.6) is 0 Å². The average Bonchev–Trinajstić information content (AvgIpc) is 2.58. The van der Waals surface area contributed by atoms with Gasteiger partial charge < -0.3 is 14.4 Å². The lowest BCUT2D eigenvalue weighted by Crippen LogP contribution is -2.35. The number of hydrogen-bond donors (Lipinski definition) is 0. The molecule has 0 radical (unpaired) electrons. The summed E-state index contributed by atoms with van der Waals surface area (Å²) in [7, 11) is 1.27. The van der Waals surface area contributed by atoms with E-state index in [0.29, 0.717) is 0 Å². The highest BCUT2D eigenvalue weighted by atomic mass is 16.6. The summed E-state index contributed by atoms with van der Waals surface area (Å²) in [4.78, 5) is 35.8. The number of ketones is 1. The number of Topliss-reactive ketones (excluding diaryl/α,β-unsaturated/α-hetero) is 1. The third kappa shape index (κ3) is 4.01. The lowest BCUT2D eigenvalue weighted by molar-refractivity contribution is -0.143. The van der Waals surface area contributed by atoms with Crippen LogP contribution in [0.3, 0.4) is 0 Å². The molecule has 6 heteroatoms. The van der Waals surface area contributed by atoms with Gasteiger partial charge in [-0.3, -0.25) is 9.59 Å². The Hall–Kier alpha value is -1.59. The third-order valence-corrected chi connectivity index (χ3v) is 2.54. The monoisotopic (exact) mass is 257 g/mol. The molecule has 1 atom stereocenters. The van der Waals surface area contributed by atoms with Gasteiger partial charge in [-0.1, -0.05) is 0 Å². The molecule has 18 heavy (non-hydrogen) atoms. The SMILES string of the molecule is COC(=O)CC1CN(C(=O)OC(C)(C)C)CC1=O. The van der Waals surface area contributed by atoms with Gasteiger partial charge in [-0.25, -0.2) is 4.79 Å². The molecular formula is C12H19NO5. The molecule has 102 valence electrons. The summed E-state index contributed by atoms with van der Waals surface area (Å²) in [6.45, 7) is 5.48. The molecule has 0 aliphatic carbocycles. The van der Waals surface area contributed by atoms with Crippen molar-refractivity contribution in [1.82, 2.24) is 4.90 Å². The number of ether oxygens (including phenoxy) is 2. The first-order valence-corrected chi connectivity index (χ1v) is 5.80. The van der Waals surface area contributed by atoms with Crippen molar-refractivity contribution in [3.8, 4) is 0 Å². The molecule has 1 aliphatic heterocycles. The van der Waals surface area contributed by atoms with E-state index in [1.54, 1.807) is 20.8 Å². The molecule has 0 aromatic heterocycles. The number of likely N-dealkylation sites (tertiary alicyclic amines) is 1. The summed E-state index contributed by atoms with van der Waals surface area (Å²) in [6, 6.07) is 0. The topological polar surface area (TPSA) is 72.9 Å². The van der Waals surface area contributed by atoms with E-state index < -0.39 is 23.6 Å². The largest absolute Gasteiger partial charge is 0.469 e. The van der Waals surface area contributed by atoms with Gasteiger partial charge in [-0.05, 0) is 20.8 Å². The van der Waals surface area contributed by atoms with Gasteiger partial charge >= 0.3 is 12.1 Å². The molecule has 1 amide bonds. The molecule has 1 unspecified atom stereocenters. The molecule has 0 spiro atoms. The smallest absolute Gasteiger partial charge is 0.410 e. The van der Waals surface area contributed by atoms with Crippen molar-refractivity contribution >= 4 is 17.8 Å². The van der Waals surface area contributed by atoms with E-state index in [2.05, 4.69) is 4.74 Å². The van der Waals surface area contributed by atoms with Crippen LogP contribution in [0.25, 0.3) is 0 Å². The van der Waals surface area contributed by atoms with Crippen molar-refractivity contribution < 1.29 is 23.9 Å². The summed E-state index contributed by atoms with van der Waals surface area (Å²) in [5, 5.41) is 0. The molecule has 0 aromatic carbocycles. The number of carbonyl (C=O) groups is 3. The second kappa shape index (κ2) is 5.37. The maximum atomic E-state index is 11.7. The lowest BCUT2D eigenvalue weighted by atomic mass is 10.0. The number of rotatable bonds is 2. The van der Waals surface area contributed by atoms with E-state index in [1.165, 1.54) is 12.0 Å². The van der Waals surface area contributed by atoms with E-state index in [1.807, 2.05) is 0 Å². The lowest BCUT2D eigenvalue weighted by Gasteiger charge is -2.23. The molecule has 0 aromatic rings. The zero-order valence-electron chi connectivity index (χ0n) is 11.2. The number of methoxy groups -OCH3 is 1.